The van der Waals surface area contributed by atoms with Gasteiger partial charge in [0.15, 0.2) is 0 Å². The van der Waals surface area contributed by atoms with Gasteiger partial charge in [0.2, 0.25) is 5.91 Å². The van der Waals surface area contributed by atoms with Crippen LogP contribution in [0.3, 0.4) is 0 Å². The molecule has 20 heavy (non-hydrogen) atoms. The highest BCUT2D eigenvalue weighted by atomic mass is 35.5. The van der Waals surface area contributed by atoms with Crippen LogP contribution in [0.2, 0.25) is 0 Å². The summed E-state index contributed by atoms with van der Waals surface area (Å²) < 4.78 is 27.8. The van der Waals surface area contributed by atoms with Crippen molar-refractivity contribution in [2.45, 2.75) is 37.5 Å². The normalized spacial score (nSPS) is 24.6. The van der Waals surface area contributed by atoms with Crippen molar-refractivity contribution in [3.63, 3.8) is 0 Å². The molecule has 2 unspecified atom stereocenters. The molecule has 0 aromatic heterocycles. The van der Waals surface area contributed by atoms with E-state index in [1.165, 1.54) is 0 Å². The van der Waals surface area contributed by atoms with Crippen molar-refractivity contribution < 1.29 is 18.7 Å². The van der Waals surface area contributed by atoms with Gasteiger partial charge in [-0.3, -0.25) is 4.79 Å². The van der Waals surface area contributed by atoms with Crippen molar-refractivity contribution in [3.8, 4) is 0 Å². The maximum absolute atomic E-state index is 13.9. The fourth-order valence-corrected chi connectivity index (χ4v) is 2.72. The second kappa shape index (κ2) is 6.06. The van der Waals surface area contributed by atoms with Gasteiger partial charge in [-0.15, -0.1) is 11.6 Å². The number of nitrogens with zero attached hydrogens (tertiary/aromatic N) is 1. The number of halogens is 3. The minimum Gasteiger partial charge on any atom is -0.391 e. The first-order chi connectivity index (χ1) is 9.45. The van der Waals surface area contributed by atoms with E-state index >= 15 is 0 Å². The molecular weight excluding hydrogens is 288 g/mol. The Kier molecular flexibility index (Phi) is 4.60. The summed E-state index contributed by atoms with van der Waals surface area (Å²) in [5, 5.41) is 9.80. The predicted molar refractivity (Wildman–Crippen MR) is 71.7 cm³/mol. The zero-order valence-electron chi connectivity index (χ0n) is 10.8. The van der Waals surface area contributed by atoms with Gasteiger partial charge in [-0.2, -0.15) is 0 Å². The Labute approximate surface area is 121 Å². The van der Waals surface area contributed by atoms with Gasteiger partial charge < -0.3 is 10.0 Å². The summed E-state index contributed by atoms with van der Waals surface area (Å²) in [6.07, 6.45) is -1.65. The van der Waals surface area contributed by atoms with Crippen LogP contribution in [0.1, 0.15) is 18.4 Å². The molecule has 3 nitrogen and oxygen atoms in total. The van der Waals surface area contributed by atoms with Gasteiger partial charge in [-0.1, -0.05) is 30.3 Å². The van der Waals surface area contributed by atoms with E-state index in [0.717, 1.165) is 10.5 Å². The zero-order chi connectivity index (χ0) is 14.8. The number of alkyl halides is 3. The molecule has 2 rings (SSSR count). The summed E-state index contributed by atoms with van der Waals surface area (Å²) in [5.41, 5.74) is 0.723. The van der Waals surface area contributed by atoms with Crippen LogP contribution < -0.4 is 0 Å². The zero-order valence-corrected chi connectivity index (χ0v) is 11.6. The molecule has 1 saturated carbocycles. The molecule has 1 N–H and O–H groups in total. The molecule has 1 amide bonds. The van der Waals surface area contributed by atoms with Crippen LogP contribution >= 0.6 is 11.6 Å². The van der Waals surface area contributed by atoms with Crippen LogP contribution in [0.15, 0.2) is 30.3 Å². The number of rotatable bonds is 4. The van der Waals surface area contributed by atoms with Crippen molar-refractivity contribution in [1.29, 1.82) is 0 Å². The van der Waals surface area contributed by atoms with E-state index in [2.05, 4.69) is 0 Å². The van der Waals surface area contributed by atoms with E-state index in [1.807, 2.05) is 0 Å². The van der Waals surface area contributed by atoms with Gasteiger partial charge in [-0.05, 0) is 12.0 Å². The quantitative estimate of drug-likeness (QED) is 0.868. The first-order valence-corrected chi connectivity index (χ1v) is 6.94. The monoisotopic (exact) mass is 303 g/mol. The number of aliphatic hydroxyl groups is 1. The number of aliphatic hydroxyl groups excluding tert-OH is 1. The van der Waals surface area contributed by atoms with Crippen molar-refractivity contribution in [1.82, 2.24) is 4.90 Å². The van der Waals surface area contributed by atoms with Crippen LogP contribution in [0.4, 0.5) is 8.78 Å². The second-order valence-corrected chi connectivity index (χ2v) is 5.22. The summed E-state index contributed by atoms with van der Waals surface area (Å²) in [6.45, 7) is 0.0176. The highest BCUT2D eigenvalue weighted by Gasteiger charge is 2.53. The SMILES string of the molecule is O=C(CCl)N(Cc1ccccc1)C1C(O)CCC1(F)F. The summed E-state index contributed by atoms with van der Waals surface area (Å²) >= 11 is 5.51. The molecule has 2 atom stereocenters. The Morgan fingerprint density at radius 2 is 2.05 bits per heavy atom. The smallest absolute Gasteiger partial charge is 0.270 e. The third-order valence-corrected chi connectivity index (χ3v) is 3.77. The van der Waals surface area contributed by atoms with Crippen molar-refractivity contribution in [2.75, 3.05) is 5.88 Å². The van der Waals surface area contributed by atoms with Crippen molar-refractivity contribution in [2.24, 2.45) is 0 Å². The lowest BCUT2D eigenvalue weighted by atomic mass is 10.1. The maximum atomic E-state index is 13.9. The summed E-state index contributed by atoms with van der Waals surface area (Å²) in [6, 6.07) is 7.32. The van der Waals surface area contributed by atoms with E-state index in [0.29, 0.717) is 0 Å². The number of carbonyl (C=O) groups excluding carboxylic acids is 1. The van der Waals surface area contributed by atoms with Crippen LogP contribution in [-0.4, -0.2) is 39.9 Å². The summed E-state index contributed by atoms with van der Waals surface area (Å²) in [4.78, 5) is 12.9. The molecule has 1 aromatic rings. The molecule has 6 heteroatoms. The van der Waals surface area contributed by atoms with Gasteiger partial charge in [0.05, 0.1) is 6.10 Å². The third-order valence-electron chi connectivity index (χ3n) is 3.54. The minimum atomic E-state index is -3.09. The van der Waals surface area contributed by atoms with E-state index in [-0.39, 0.29) is 18.8 Å². The van der Waals surface area contributed by atoms with Crippen LogP contribution in [0, 0.1) is 0 Å². The molecule has 1 aliphatic carbocycles. The fraction of sp³-hybridized carbons (Fsp3) is 0.500. The number of amides is 1. The largest absolute Gasteiger partial charge is 0.391 e. The van der Waals surface area contributed by atoms with Gasteiger partial charge in [0.25, 0.3) is 5.92 Å². The number of carbonyl (C=O) groups is 1. The van der Waals surface area contributed by atoms with Crippen LogP contribution in [0.25, 0.3) is 0 Å². The van der Waals surface area contributed by atoms with Gasteiger partial charge >= 0.3 is 0 Å². The summed E-state index contributed by atoms with van der Waals surface area (Å²) in [5.74, 6) is -4.07. The lowest BCUT2D eigenvalue weighted by molar-refractivity contribution is -0.146. The minimum absolute atomic E-state index is 0.0154. The molecule has 1 aromatic carbocycles. The first-order valence-electron chi connectivity index (χ1n) is 6.41. The van der Waals surface area contributed by atoms with Crippen LogP contribution in [0.5, 0.6) is 0 Å². The van der Waals surface area contributed by atoms with Crippen LogP contribution in [-0.2, 0) is 11.3 Å². The molecule has 110 valence electrons. The Morgan fingerprint density at radius 1 is 1.40 bits per heavy atom. The fourth-order valence-electron chi connectivity index (χ4n) is 2.56. The van der Waals surface area contributed by atoms with E-state index < -0.39 is 30.4 Å². The number of benzene rings is 1. The predicted octanol–water partition coefficient (Wildman–Crippen LogP) is 2.41. The first kappa shape index (κ1) is 15.2. The molecular formula is C14H16ClF2NO2. The molecule has 0 saturated heterocycles. The number of hydrogen-bond acceptors (Lipinski definition) is 2. The highest BCUT2D eigenvalue weighted by molar-refractivity contribution is 6.27. The Morgan fingerprint density at radius 3 is 2.55 bits per heavy atom. The lowest BCUT2D eigenvalue weighted by Gasteiger charge is -2.34. The second-order valence-electron chi connectivity index (χ2n) is 4.95. The van der Waals surface area contributed by atoms with Gasteiger partial charge in [0.1, 0.15) is 11.9 Å². The van der Waals surface area contributed by atoms with Gasteiger partial charge in [0, 0.05) is 13.0 Å². The molecule has 0 bridgehead atoms. The molecule has 1 aliphatic rings. The Hall–Kier alpha value is -1.20. The van der Waals surface area contributed by atoms with Crippen molar-refractivity contribution >= 4 is 17.5 Å². The Balaban J connectivity index is 2.26. The number of hydrogen-bond donors (Lipinski definition) is 1. The topological polar surface area (TPSA) is 40.5 Å². The molecule has 0 radical (unpaired) electrons. The van der Waals surface area contributed by atoms with Crippen molar-refractivity contribution in [3.05, 3.63) is 35.9 Å². The maximum Gasteiger partial charge on any atom is 0.270 e. The average molecular weight is 304 g/mol. The highest BCUT2D eigenvalue weighted by Crippen LogP contribution is 2.39. The van der Waals surface area contributed by atoms with E-state index in [1.54, 1.807) is 30.3 Å². The van der Waals surface area contributed by atoms with Gasteiger partial charge in [-0.25, -0.2) is 8.78 Å². The molecule has 0 aliphatic heterocycles. The standard InChI is InChI=1S/C14H16ClF2NO2/c15-8-12(20)18(9-10-4-2-1-3-5-10)13-11(19)6-7-14(13,16)17/h1-5,11,13,19H,6-9H2. The van der Waals surface area contributed by atoms with E-state index in [4.69, 9.17) is 11.6 Å². The molecule has 0 heterocycles. The molecule has 0 spiro atoms. The molecule has 1 fully saturated rings. The lowest BCUT2D eigenvalue weighted by Crippen LogP contribution is -2.52. The third kappa shape index (κ3) is 3.10. The average Bonchev–Trinajstić information content (AvgIpc) is 2.70. The Bertz CT molecular complexity index is 470. The van der Waals surface area contributed by atoms with E-state index in [9.17, 15) is 18.7 Å². The summed E-state index contributed by atoms with van der Waals surface area (Å²) in [7, 11) is 0.